The van der Waals surface area contributed by atoms with Crippen LogP contribution in [0.15, 0.2) is 60.7 Å². The molecule has 3 aromatic rings. The highest BCUT2D eigenvalue weighted by atomic mass is 16.5. The van der Waals surface area contributed by atoms with Crippen LogP contribution in [0, 0.1) is 0 Å². The van der Waals surface area contributed by atoms with Gasteiger partial charge in [-0.05, 0) is 35.7 Å². The summed E-state index contributed by atoms with van der Waals surface area (Å²) in [7, 11) is 1.29. The molecule has 8 heteroatoms. The molecular weight excluding hydrogens is 384 g/mol. The van der Waals surface area contributed by atoms with E-state index < -0.39 is 12.1 Å². The van der Waals surface area contributed by atoms with E-state index >= 15 is 0 Å². The standard InChI is InChI=1S/C22H22N4O4/c1-14(27)30-21-18(16-8-10-17(11-9-16)24-22(28)29-2)13-20(25-26-21)19(23)12-15-6-4-3-5-7-15/h3-11,13,19H,12,23H2,1-2H3,(H,24,28)/t19-/m0/s1. The lowest BCUT2D eigenvalue weighted by molar-refractivity contribution is -0.132. The highest BCUT2D eigenvalue weighted by Crippen LogP contribution is 2.31. The Kier molecular flexibility index (Phi) is 6.71. The maximum Gasteiger partial charge on any atom is 0.411 e. The van der Waals surface area contributed by atoms with Gasteiger partial charge >= 0.3 is 12.1 Å². The van der Waals surface area contributed by atoms with Crippen molar-refractivity contribution in [2.45, 2.75) is 19.4 Å². The maximum atomic E-state index is 11.5. The molecule has 3 N–H and O–H groups in total. The van der Waals surface area contributed by atoms with Crippen LogP contribution < -0.4 is 15.8 Å². The topological polar surface area (TPSA) is 116 Å². The normalized spacial score (nSPS) is 11.4. The number of rotatable bonds is 6. The van der Waals surface area contributed by atoms with E-state index in [-0.39, 0.29) is 11.9 Å². The average Bonchev–Trinajstić information content (AvgIpc) is 2.75. The summed E-state index contributed by atoms with van der Waals surface area (Å²) in [6, 6.07) is 18.2. The predicted octanol–water partition coefficient (Wildman–Crippen LogP) is 3.49. The largest absolute Gasteiger partial charge is 0.453 e. The predicted molar refractivity (Wildman–Crippen MR) is 112 cm³/mol. The number of nitrogens with one attached hydrogen (secondary N) is 1. The van der Waals surface area contributed by atoms with Gasteiger partial charge in [-0.2, -0.15) is 5.10 Å². The van der Waals surface area contributed by atoms with E-state index in [1.165, 1.54) is 14.0 Å². The van der Waals surface area contributed by atoms with Crippen LogP contribution in [0.5, 0.6) is 5.88 Å². The monoisotopic (exact) mass is 406 g/mol. The summed E-state index contributed by atoms with van der Waals surface area (Å²) in [6.45, 7) is 1.30. The van der Waals surface area contributed by atoms with Crippen molar-refractivity contribution < 1.29 is 19.1 Å². The molecule has 1 heterocycles. The Morgan fingerprint density at radius 1 is 1.07 bits per heavy atom. The zero-order valence-electron chi connectivity index (χ0n) is 16.7. The molecule has 2 aromatic carbocycles. The minimum Gasteiger partial charge on any atom is -0.453 e. The first-order valence-electron chi connectivity index (χ1n) is 9.27. The fourth-order valence-electron chi connectivity index (χ4n) is 2.87. The Morgan fingerprint density at radius 2 is 1.77 bits per heavy atom. The third-order valence-electron chi connectivity index (χ3n) is 4.33. The first-order chi connectivity index (χ1) is 14.5. The fraction of sp³-hybridized carbons (Fsp3) is 0.182. The zero-order valence-corrected chi connectivity index (χ0v) is 16.7. The van der Waals surface area contributed by atoms with Gasteiger partial charge in [0, 0.05) is 18.2 Å². The Bertz CT molecular complexity index is 1020. The number of carbonyl (C=O) groups is 2. The molecule has 8 nitrogen and oxygen atoms in total. The van der Waals surface area contributed by atoms with Gasteiger partial charge in [0.2, 0.25) is 5.88 Å². The number of aromatic nitrogens is 2. The number of benzene rings is 2. The summed E-state index contributed by atoms with van der Waals surface area (Å²) in [5.41, 5.74) is 9.86. The first-order valence-corrected chi connectivity index (χ1v) is 9.27. The van der Waals surface area contributed by atoms with Crippen molar-refractivity contribution in [1.29, 1.82) is 0 Å². The number of anilines is 1. The van der Waals surface area contributed by atoms with E-state index in [0.29, 0.717) is 23.4 Å². The second kappa shape index (κ2) is 9.62. The molecule has 0 unspecified atom stereocenters. The van der Waals surface area contributed by atoms with Crippen LogP contribution in [0.25, 0.3) is 11.1 Å². The van der Waals surface area contributed by atoms with E-state index in [4.69, 9.17) is 10.5 Å². The number of hydrogen-bond acceptors (Lipinski definition) is 7. The lowest BCUT2D eigenvalue weighted by Gasteiger charge is -2.14. The maximum absolute atomic E-state index is 11.5. The molecule has 0 saturated carbocycles. The molecule has 1 atom stereocenters. The van der Waals surface area contributed by atoms with Gasteiger partial charge in [-0.1, -0.05) is 42.5 Å². The third kappa shape index (κ3) is 5.39. The summed E-state index contributed by atoms with van der Waals surface area (Å²) in [5, 5.41) is 10.8. The molecule has 3 rings (SSSR count). The second-order valence-corrected chi connectivity index (χ2v) is 6.57. The van der Waals surface area contributed by atoms with Gasteiger partial charge in [-0.3, -0.25) is 10.1 Å². The quantitative estimate of drug-likeness (QED) is 0.602. The van der Waals surface area contributed by atoms with E-state index in [1.807, 2.05) is 30.3 Å². The number of hydrogen-bond donors (Lipinski definition) is 2. The Labute approximate surface area is 174 Å². The van der Waals surface area contributed by atoms with Crippen molar-refractivity contribution in [3.8, 4) is 17.0 Å². The van der Waals surface area contributed by atoms with Crippen molar-refractivity contribution in [3.05, 3.63) is 71.9 Å². The SMILES string of the molecule is COC(=O)Nc1ccc(-c2cc([C@@H](N)Cc3ccccc3)nnc2OC(C)=O)cc1. The van der Waals surface area contributed by atoms with Crippen molar-refractivity contribution in [1.82, 2.24) is 10.2 Å². The molecule has 0 bridgehead atoms. The fourth-order valence-corrected chi connectivity index (χ4v) is 2.87. The van der Waals surface area contributed by atoms with Crippen LogP contribution in [-0.4, -0.2) is 29.4 Å². The second-order valence-electron chi connectivity index (χ2n) is 6.57. The van der Waals surface area contributed by atoms with Crippen molar-refractivity contribution in [2.75, 3.05) is 12.4 Å². The van der Waals surface area contributed by atoms with E-state index in [0.717, 1.165) is 11.1 Å². The van der Waals surface area contributed by atoms with E-state index in [1.54, 1.807) is 30.3 Å². The number of carbonyl (C=O) groups excluding carboxylic acids is 2. The van der Waals surface area contributed by atoms with Crippen molar-refractivity contribution in [3.63, 3.8) is 0 Å². The highest BCUT2D eigenvalue weighted by Gasteiger charge is 2.17. The van der Waals surface area contributed by atoms with Crippen LogP contribution >= 0.6 is 0 Å². The molecule has 0 aliphatic heterocycles. The number of esters is 1. The number of methoxy groups -OCH3 is 1. The zero-order chi connectivity index (χ0) is 21.5. The lowest BCUT2D eigenvalue weighted by Crippen LogP contribution is -2.16. The summed E-state index contributed by atoms with van der Waals surface area (Å²) in [4.78, 5) is 22.8. The molecule has 0 spiro atoms. The van der Waals surface area contributed by atoms with Gasteiger partial charge in [0.15, 0.2) is 0 Å². The van der Waals surface area contributed by atoms with Gasteiger partial charge in [-0.25, -0.2) is 4.79 Å². The number of amides is 1. The summed E-state index contributed by atoms with van der Waals surface area (Å²) >= 11 is 0. The number of nitrogens with two attached hydrogens (primary N) is 1. The molecule has 154 valence electrons. The van der Waals surface area contributed by atoms with Gasteiger partial charge in [0.1, 0.15) is 0 Å². The van der Waals surface area contributed by atoms with Gasteiger partial charge in [-0.15, -0.1) is 5.10 Å². The molecule has 0 aliphatic rings. The van der Waals surface area contributed by atoms with Crippen LogP contribution in [0.4, 0.5) is 10.5 Å². The molecule has 0 radical (unpaired) electrons. The van der Waals surface area contributed by atoms with Gasteiger partial charge < -0.3 is 15.2 Å². The molecule has 30 heavy (non-hydrogen) atoms. The minimum absolute atomic E-state index is 0.0897. The Hall–Kier alpha value is -3.78. The van der Waals surface area contributed by atoms with E-state index in [2.05, 4.69) is 20.3 Å². The summed E-state index contributed by atoms with van der Waals surface area (Å²) in [6.07, 6.45) is 0.0206. The third-order valence-corrected chi connectivity index (χ3v) is 4.33. The molecule has 0 saturated heterocycles. The van der Waals surface area contributed by atoms with Crippen molar-refractivity contribution >= 4 is 17.7 Å². The van der Waals surface area contributed by atoms with Crippen LogP contribution in [-0.2, 0) is 16.0 Å². The number of ether oxygens (including phenoxy) is 2. The van der Waals surface area contributed by atoms with Crippen molar-refractivity contribution in [2.24, 2.45) is 5.73 Å². The first kappa shape index (κ1) is 20.9. The minimum atomic E-state index is -0.567. The van der Waals surface area contributed by atoms with Crippen LogP contribution in [0.2, 0.25) is 0 Å². The highest BCUT2D eigenvalue weighted by molar-refractivity contribution is 5.85. The Morgan fingerprint density at radius 3 is 2.40 bits per heavy atom. The molecule has 1 aromatic heterocycles. The average molecular weight is 406 g/mol. The van der Waals surface area contributed by atoms with Crippen LogP contribution in [0.3, 0.4) is 0 Å². The van der Waals surface area contributed by atoms with Gasteiger partial charge in [0.25, 0.3) is 0 Å². The lowest BCUT2D eigenvalue weighted by atomic mass is 10.0. The summed E-state index contributed by atoms with van der Waals surface area (Å²) < 4.78 is 9.80. The smallest absolute Gasteiger partial charge is 0.411 e. The molecule has 0 aliphatic carbocycles. The number of nitrogens with zero attached hydrogens (tertiary/aromatic N) is 2. The van der Waals surface area contributed by atoms with E-state index in [9.17, 15) is 9.59 Å². The molecule has 0 fully saturated rings. The summed E-state index contributed by atoms with van der Waals surface area (Å²) in [5.74, 6) is -0.414. The Balaban J connectivity index is 1.91. The van der Waals surface area contributed by atoms with Gasteiger partial charge in [0.05, 0.1) is 18.8 Å². The molecular formula is C22H22N4O4. The van der Waals surface area contributed by atoms with Crippen LogP contribution in [0.1, 0.15) is 24.2 Å². The molecule has 1 amide bonds.